The zero-order valence-corrected chi connectivity index (χ0v) is 17.0. The summed E-state index contributed by atoms with van der Waals surface area (Å²) >= 11 is 18.8. The average molecular weight is 426 g/mol. The molecule has 1 unspecified atom stereocenters. The standard InChI is InChI=1S/C19H15Cl3N2O3/c1-18(2)11-5-4-6-12(20)16(11)23(3)19(18)8-7-10-14(27-19)9-13(21)17(15(10)22)24(25)26/h4-9H,1-3H3. The molecule has 1 atom stereocenters. The fourth-order valence-corrected chi connectivity index (χ4v) is 5.00. The highest BCUT2D eigenvalue weighted by molar-refractivity contribution is 6.39. The number of halogens is 3. The van der Waals surface area contributed by atoms with Gasteiger partial charge in [-0.2, -0.15) is 0 Å². The molecular formula is C19H15Cl3N2O3. The molecule has 2 heterocycles. The van der Waals surface area contributed by atoms with Gasteiger partial charge in [-0.15, -0.1) is 0 Å². The van der Waals surface area contributed by atoms with Gasteiger partial charge in [0.15, 0.2) is 0 Å². The lowest BCUT2D eigenvalue weighted by atomic mass is 9.76. The number of nitro groups is 1. The third kappa shape index (κ3) is 2.25. The number of benzene rings is 2. The molecule has 0 saturated heterocycles. The molecule has 0 radical (unpaired) electrons. The number of likely N-dealkylation sites (N-methyl/N-ethyl adjacent to an activating group) is 1. The fourth-order valence-electron chi connectivity index (χ4n) is 4.06. The van der Waals surface area contributed by atoms with Crippen LogP contribution in [0.1, 0.15) is 25.0 Å². The molecule has 2 aliphatic heterocycles. The summed E-state index contributed by atoms with van der Waals surface area (Å²) in [5.74, 6) is 0.391. The lowest BCUT2D eigenvalue weighted by Gasteiger charge is -2.45. The summed E-state index contributed by atoms with van der Waals surface area (Å²) in [7, 11) is 1.91. The molecule has 0 N–H and O–H groups in total. The van der Waals surface area contributed by atoms with E-state index in [4.69, 9.17) is 39.5 Å². The molecule has 1 spiro atoms. The van der Waals surface area contributed by atoms with Gasteiger partial charge >= 0.3 is 5.69 Å². The highest BCUT2D eigenvalue weighted by atomic mass is 35.5. The van der Waals surface area contributed by atoms with E-state index in [1.807, 2.05) is 36.2 Å². The summed E-state index contributed by atoms with van der Waals surface area (Å²) in [4.78, 5) is 12.7. The van der Waals surface area contributed by atoms with Crippen molar-refractivity contribution in [1.29, 1.82) is 0 Å². The average Bonchev–Trinajstić information content (AvgIpc) is 2.74. The first kappa shape index (κ1) is 18.4. The van der Waals surface area contributed by atoms with Crippen LogP contribution in [0.25, 0.3) is 6.08 Å². The fraction of sp³-hybridized carbons (Fsp3) is 0.263. The Morgan fingerprint density at radius 1 is 1.19 bits per heavy atom. The summed E-state index contributed by atoms with van der Waals surface area (Å²) in [6, 6.07) is 7.21. The van der Waals surface area contributed by atoms with Gasteiger partial charge in [-0.3, -0.25) is 10.1 Å². The van der Waals surface area contributed by atoms with E-state index in [1.54, 1.807) is 6.08 Å². The van der Waals surface area contributed by atoms with Crippen molar-refractivity contribution in [3.05, 3.63) is 66.7 Å². The largest absolute Gasteiger partial charge is 0.463 e. The van der Waals surface area contributed by atoms with Crippen molar-refractivity contribution in [3.8, 4) is 5.75 Å². The molecule has 0 bridgehead atoms. The SMILES string of the molecule is CN1c2c(Cl)cccc2C(C)(C)C12C=Cc1c(cc(Cl)c([N+](=O)[O-])c1Cl)O2. The van der Waals surface area contributed by atoms with E-state index >= 15 is 0 Å². The molecule has 4 rings (SSSR count). The number of rotatable bonds is 1. The normalized spacial score (nSPS) is 21.8. The maximum atomic E-state index is 11.3. The van der Waals surface area contributed by atoms with Crippen molar-refractivity contribution in [2.45, 2.75) is 25.0 Å². The Bertz CT molecular complexity index is 1040. The molecule has 0 amide bonds. The first-order chi connectivity index (χ1) is 12.6. The number of nitro benzene ring substituents is 1. The van der Waals surface area contributed by atoms with Crippen LogP contribution < -0.4 is 9.64 Å². The first-order valence-electron chi connectivity index (χ1n) is 8.19. The van der Waals surface area contributed by atoms with E-state index < -0.39 is 16.1 Å². The van der Waals surface area contributed by atoms with Gasteiger partial charge in [0.05, 0.1) is 21.0 Å². The molecule has 0 aliphatic carbocycles. The Balaban J connectivity index is 1.92. The van der Waals surface area contributed by atoms with E-state index in [0.29, 0.717) is 16.3 Å². The van der Waals surface area contributed by atoms with Gasteiger partial charge in [0.1, 0.15) is 15.8 Å². The topological polar surface area (TPSA) is 55.6 Å². The molecule has 8 heteroatoms. The molecule has 0 saturated carbocycles. The zero-order valence-electron chi connectivity index (χ0n) is 14.7. The van der Waals surface area contributed by atoms with Gasteiger partial charge in [0, 0.05) is 18.7 Å². The Kier molecular flexibility index (Phi) is 3.94. The van der Waals surface area contributed by atoms with Crippen LogP contribution in [0.15, 0.2) is 30.3 Å². The van der Waals surface area contributed by atoms with Crippen molar-refractivity contribution >= 4 is 52.3 Å². The number of ether oxygens (including phenoxy) is 1. The van der Waals surface area contributed by atoms with E-state index in [9.17, 15) is 10.1 Å². The Morgan fingerprint density at radius 3 is 2.52 bits per heavy atom. The summed E-state index contributed by atoms with van der Waals surface area (Å²) in [5.41, 5.74) is 0.699. The number of fused-ring (bicyclic) bond motifs is 2. The Morgan fingerprint density at radius 2 is 1.89 bits per heavy atom. The van der Waals surface area contributed by atoms with Gasteiger partial charge in [0.25, 0.3) is 0 Å². The Labute approximate surface area is 171 Å². The van der Waals surface area contributed by atoms with Gasteiger partial charge in [-0.05, 0) is 37.6 Å². The first-order valence-corrected chi connectivity index (χ1v) is 9.32. The second-order valence-electron chi connectivity index (χ2n) is 7.14. The molecule has 140 valence electrons. The minimum Gasteiger partial charge on any atom is -0.463 e. The molecule has 0 fully saturated rings. The molecule has 0 aromatic heterocycles. The van der Waals surface area contributed by atoms with E-state index in [1.165, 1.54) is 6.07 Å². The summed E-state index contributed by atoms with van der Waals surface area (Å²) < 4.78 is 6.43. The van der Waals surface area contributed by atoms with Crippen LogP contribution in [0.4, 0.5) is 11.4 Å². The molecule has 5 nitrogen and oxygen atoms in total. The van der Waals surface area contributed by atoms with Crippen LogP contribution >= 0.6 is 34.8 Å². The summed E-state index contributed by atoms with van der Waals surface area (Å²) in [6.45, 7) is 4.13. The third-order valence-electron chi connectivity index (χ3n) is 5.51. The maximum Gasteiger partial charge on any atom is 0.307 e. The highest BCUT2D eigenvalue weighted by Gasteiger charge is 2.58. The minimum atomic E-state index is -0.879. The monoisotopic (exact) mass is 424 g/mol. The minimum absolute atomic E-state index is 0.0393. The van der Waals surface area contributed by atoms with Crippen LogP contribution in [-0.2, 0) is 5.41 Å². The van der Waals surface area contributed by atoms with Crippen LogP contribution in [-0.4, -0.2) is 17.7 Å². The second-order valence-corrected chi connectivity index (χ2v) is 8.33. The predicted molar refractivity (Wildman–Crippen MR) is 108 cm³/mol. The van der Waals surface area contributed by atoms with Gasteiger partial charge in [0.2, 0.25) is 5.72 Å². The number of nitrogens with zero attached hydrogens (tertiary/aromatic N) is 2. The lowest BCUT2D eigenvalue weighted by molar-refractivity contribution is -0.384. The van der Waals surface area contributed by atoms with Crippen molar-refractivity contribution in [1.82, 2.24) is 0 Å². The lowest BCUT2D eigenvalue weighted by Crippen LogP contribution is -2.58. The quantitative estimate of drug-likeness (QED) is 0.410. The molecule has 2 aliphatic rings. The third-order valence-corrected chi connectivity index (χ3v) is 6.48. The predicted octanol–water partition coefficient (Wildman–Crippen LogP) is 6.08. The summed E-state index contributed by atoms with van der Waals surface area (Å²) in [5, 5.41) is 11.8. The highest BCUT2D eigenvalue weighted by Crippen LogP contribution is 2.57. The number of hydrogen-bond donors (Lipinski definition) is 0. The number of anilines is 1. The number of hydrogen-bond acceptors (Lipinski definition) is 4. The molecule has 27 heavy (non-hydrogen) atoms. The Hall–Kier alpha value is -1.95. The number of para-hydroxylation sites is 1. The molecular weight excluding hydrogens is 411 g/mol. The zero-order chi connectivity index (χ0) is 19.7. The van der Waals surface area contributed by atoms with Gasteiger partial charge in [-0.1, -0.05) is 46.9 Å². The smallest absolute Gasteiger partial charge is 0.307 e. The van der Waals surface area contributed by atoms with E-state index in [0.717, 1.165) is 11.3 Å². The molecule has 2 aromatic rings. The van der Waals surface area contributed by atoms with E-state index in [-0.39, 0.29) is 15.7 Å². The van der Waals surface area contributed by atoms with Gasteiger partial charge < -0.3 is 9.64 Å². The van der Waals surface area contributed by atoms with Crippen molar-refractivity contribution in [3.63, 3.8) is 0 Å². The van der Waals surface area contributed by atoms with E-state index in [2.05, 4.69) is 13.8 Å². The second kappa shape index (κ2) is 5.77. The molecule has 2 aromatic carbocycles. The van der Waals surface area contributed by atoms with Gasteiger partial charge in [-0.25, -0.2) is 0 Å². The maximum absolute atomic E-state index is 11.3. The van der Waals surface area contributed by atoms with Crippen molar-refractivity contribution in [2.75, 3.05) is 11.9 Å². The van der Waals surface area contributed by atoms with Crippen molar-refractivity contribution in [2.24, 2.45) is 0 Å². The van der Waals surface area contributed by atoms with Crippen LogP contribution in [0, 0.1) is 10.1 Å². The van der Waals surface area contributed by atoms with Crippen LogP contribution in [0.3, 0.4) is 0 Å². The van der Waals surface area contributed by atoms with Crippen LogP contribution in [0.2, 0.25) is 15.1 Å². The summed E-state index contributed by atoms with van der Waals surface area (Å²) in [6.07, 6.45) is 3.62. The van der Waals surface area contributed by atoms with Crippen LogP contribution in [0.5, 0.6) is 5.75 Å². The van der Waals surface area contributed by atoms with Crippen molar-refractivity contribution < 1.29 is 9.66 Å².